The number of carbonyl (C=O) groups is 1. The molecule has 1 aromatic heterocycles. The van der Waals surface area contributed by atoms with Crippen LogP contribution in [0.4, 0.5) is 0 Å². The summed E-state index contributed by atoms with van der Waals surface area (Å²) < 4.78 is 1.99. The van der Waals surface area contributed by atoms with E-state index in [0.717, 1.165) is 18.7 Å². The van der Waals surface area contributed by atoms with Gasteiger partial charge in [-0.2, -0.15) is 0 Å². The van der Waals surface area contributed by atoms with Crippen LogP contribution in [-0.4, -0.2) is 28.5 Å². The molecule has 0 aliphatic carbocycles. The minimum Gasteiger partial charge on any atom is -0.356 e. The van der Waals surface area contributed by atoms with E-state index in [9.17, 15) is 4.79 Å². The topological polar surface area (TPSA) is 72.9 Å². The molecule has 0 saturated heterocycles. The lowest BCUT2D eigenvalue weighted by molar-refractivity contribution is -0.121. The molecule has 0 aliphatic heterocycles. The first-order chi connectivity index (χ1) is 8.13. The van der Waals surface area contributed by atoms with Crippen molar-refractivity contribution >= 4 is 5.91 Å². The van der Waals surface area contributed by atoms with Gasteiger partial charge in [0.25, 0.3) is 0 Å². The van der Waals surface area contributed by atoms with Crippen LogP contribution in [-0.2, 0) is 17.8 Å². The Labute approximate surface area is 102 Å². The molecule has 0 aromatic carbocycles. The van der Waals surface area contributed by atoms with Gasteiger partial charge >= 0.3 is 0 Å². The number of hydrogen-bond donors (Lipinski definition) is 2. The number of amides is 1. The highest BCUT2D eigenvalue weighted by molar-refractivity contribution is 5.75. The van der Waals surface area contributed by atoms with Crippen molar-refractivity contribution in [1.29, 1.82) is 0 Å². The van der Waals surface area contributed by atoms with Gasteiger partial charge in [-0.3, -0.25) is 4.79 Å². The Morgan fingerprint density at radius 2 is 2.35 bits per heavy atom. The third kappa shape index (κ3) is 4.99. The molecule has 0 spiro atoms. The number of imidazole rings is 1. The summed E-state index contributed by atoms with van der Waals surface area (Å²) in [5.74, 6) is 0.575. The van der Waals surface area contributed by atoms with Gasteiger partial charge in [-0.1, -0.05) is 13.8 Å². The van der Waals surface area contributed by atoms with Crippen LogP contribution in [0.15, 0.2) is 12.5 Å². The number of aromatic nitrogens is 2. The molecule has 1 heterocycles. The van der Waals surface area contributed by atoms with Crippen LogP contribution in [0.25, 0.3) is 0 Å². The first kappa shape index (κ1) is 13.7. The quantitative estimate of drug-likeness (QED) is 0.728. The zero-order chi connectivity index (χ0) is 12.7. The summed E-state index contributed by atoms with van der Waals surface area (Å²) in [7, 11) is 0. The number of nitrogens with two attached hydrogens (primary N) is 1. The smallest absolute Gasteiger partial charge is 0.221 e. The minimum atomic E-state index is 0.0890. The molecule has 0 atom stereocenters. The average molecular weight is 238 g/mol. The second kappa shape index (κ2) is 7.06. The molecular weight excluding hydrogens is 216 g/mol. The van der Waals surface area contributed by atoms with E-state index in [1.165, 1.54) is 0 Å². The lowest BCUT2D eigenvalue weighted by Crippen LogP contribution is -2.28. The first-order valence-electron chi connectivity index (χ1n) is 6.09. The number of hydrogen-bond acceptors (Lipinski definition) is 3. The molecule has 17 heavy (non-hydrogen) atoms. The molecule has 1 amide bonds. The third-order valence-corrected chi connectivity index (χ3v) is 2.49. The number of carbonyl (C=O) groups excluding carboxylic acids is 1. The summed E-state index contributed by atoms with van der Waals surface area (Å²) in [6.45, 7) is 6.16. The zero-order valence-corrected chi connectivity index (χ0v) is 10.6. The maximum absolute atomic E-state index is 11.5. The molecule has 0 fully saturated rings. The molecular formula is C12H22N4O. The van der Waals surface area contributed by atoms with E-state index in [-0.39, 0.29) is 5.91 Å². The Hall–Kier alpha value is -1.36. The molecule has 0 bridgehead atoms. The van der Waals surface area contributed by atoms with E-state index in [1.54, 1.807) is 12.5 Å². The summed E-state index contributed by atoms with van der Waals surface area (Å²) >= 11 is 0. The van der Waals surface area contributed by atoms with Crippen molar-refractivity contribution in [1.82, 2.24) is 14.9 Å². The van der Waals surface area contributed by atoms with Crippen molar-refractivity contribution < 1.29 is 4.79 Å². The highest BCUT2D eigenvalue weighted by Gasteiger charge is 2.05. The molecule has 96 valence electrons. The molecule has 1 rings (SSSR count). The van der Waals surface area contributed by atoms with Gasteiger partial charge in [0.15, 0.2) is 0 Å². The molecule has 0 unspecified atom stereocenters. The molecule has 0 radical (unpaired) electrons. The normalized spacial score (nSPS) is 10.8. The lowest BCUT2D eigenvalue weighted by atomic mass is 10.2. The van der Waals surface area contributed by atoms with E-state index in [0.29, 0.717) is 25.4 Å². The van der Waals surface area contributed by atoms with Gasteiger partial charge in [-0.15, -0.1) is 0 Å². The Bertz CT molecular complexity index is 346. The van der Waals surface area contributed by atoms with Crippen molar-refractivity contribution in [2.45, 2.75) is 33.2 Å². The van der Waals surface area contributed by atoms with Gasteiger partial charge in [-0.05, 0) is 12.5 Å². The number of aryl methyl sites for hydroxylation is 1. The van der Waals surface area contributed by atoms with Crippen molar-refractivity contribution in [3.8, 4) is 0 Å². The second-order valence-corrected chi connectivity index (χ2v) is 4.56. The summed E-state index contributed by atoms with van der Waals surface area (Å²) in [5.41, 5.74) is 6.59. The standard InChI is InChI=1S/C12H22N4O/c1-10(2)7-15-12(17)4-6-16-9-14-8-11(16)3-5-13/h8-10H,3-7,13H2,1-2H3,(H,15,17). The fourth-order valence-electron chi connectivity index (χ4n) is 1.53. The largest absolute Gasteiger partial charge is 0.356 e. The van der Waals surface area contributed by atoms with E-state index in [1.807, 2.05) is 4.57 Å². The number of nitrogens with one attached hydrogen (secondary N) is 1. The van der Waals surface area contributed by atoms with Crippen molar-refractivity contribution in [3.05, 3.63) is 18.2 Å². The predicted molar refractivity (Wildman–Crippen MR) is 67.5 cm³/mol. The Morgan fingerprint density at radius 3 is 3.00 bits per heavy atom. The Morgan fingerprint density at radius 1 is 1.59 bits per heavy atom. The molecule has 5 heteroatoms. The second-order valence-electron chi connectivity index (χ2n) is 4.56. The van der Waals surface area contributed by atoms with Gasteiger partial charge in [0.1, 0.15) is 0 Å². The van der Waals surface area contributed by atoms with E-state index in [2.05, 4.69) is 24.1 Å². The third-order valence-electron chi connectivity index (χ3n) is 2.49. The lowest BCUT2D eigenvalue weighted by Gasteiger charge is -2.09. The zero-order valence-electron chi connectivity index (χ0n) is 10.6. The maximum atomic E-state index is 11.5. The molecule has 0 aliphatic rings. The van der Waals surface area contributed by atoms with Crippen LogP contribution < -0.4 is 11.1 Å². The summed E-state index contributed by atoms with van der Waals surface area (Å²) in [6.07, 6.45) is 4.84. The van der Waals surface area contributed by atoms with Crippen molar-refractivity contribution in [2.24, 2.45) is 11.7 Å². The molecule has 1 aromatic rings. The number of rotatable bonds is 7. The van der Waals surface area contributed by atoms with Crippen LogP contribution >= 0.6 is 0 Å². The molecule has 3 N–H and O–H groups in total. The van der Waals surface area contributed by atoms with E-state index < -0.39 is 0 Å². The van der Waals surface area contributed by atoms with E-state index >= 15 is 0 Å². The van der Waals surface area contributed by atoms with Gasteiger partial charge < -0.3 is 15.6 Å². The van der Waals surface area contributed by atoms with Crippen molar-refractivity contribution in [2.75, 3.05) is 13.1 Å². The summed E-state index contributed by atoms with van der Waals surface area (Å²) in [6, 6.07) is 0. The highest BCUT2D eigenvalue weighted by atomic mass is 16.1. The SMILES string of the molecule is CC(C)CNC(=O)CCn1cncc1CCN. The Balaban J connectivity index is 2.34. The van der Waals surface area contributed by atoms with Crippen LogP contribution in [0.1, 0.15) is 26.0 Å². The van der Waals surface area contributed by atoms with Crippen LogP contribution in [0.3, 0.4) is 0 Å². The average Bonchev–Trinajstić information content (AvgIpc) is 2.71. The minimum absolute atomic E-state index is 0.0890. The van der Waals surface area contributed by atoms with Gasteiger partial charge in [0.2, 0.25) is 5.91 Å². The first-order valence-corrected chi connectivity index (χ1v) is 6.09. The van der Waals surface area contributed by atoms with Crippen LogP contribution in [0.2, 0.25) is 0 Å². The molecule has 0 saturated carbocycles. The van der Waals surface area contributed by atoms with Gasteiger partial charge in [-0.25, -0.2) is 4.98 Å². The fourth-order valence-corrected chi connectivity index (χ4v) is 1.53. The highest BCUT2D eigenvalue weighted by Crippen LogP contribution is 2.01. The van der Waals surface area contributed by atoms with Crippen LogP contribution in [0, 0.1) is 5.92 Å². The monoisotopic (exact) mass is 238 g/mol. The summed E-state index contributed by atoms with van der Waals surface area (Å²) in [5, 5.41) is 2.90. The maximum Gasteiger partial charge on any atom is 0.221 e. The van der Waals surface area contributed by atoms with Crippen LogP contribution in [0.5, 0.6) is 0 Å². The van der Waals surface area contributed by atoms with E-state index in [4.69, 9.17) is 5.73 Å². The predicted octanol–water partition coefficient (Wildman–Crippen LogP) is 0.547. The Kier molecular flexibility index (Phi) is 5.69. The number of nitrogens with zero attached hydrogens (tertiary/aromatic N) is 2. The van der Waals surface area contributed by atoms with Crippen molar-refractivity contribution in [3.63, 3.8) is 0 Å². The fraction of sp³-hybridized carbons (Fsp3) is 0.667. The molecule has 5 nitrogen and oxygen atoms in total. The summed E-state index contributed by atoms with van der Waals surface area (Å²) in [4.78, 5) is 15.6. The van der Waals surface area contributed by atoms with Gasteiger partial charge in [0, 0.05) is 37.8 Å². The van der Waals surface area contributed by atoms with Gasteiger partial charge in [0.05, 0.1) is 6.33 Å².